The van der Waals surface area contributed by atoms with E-state index in [4.69, 9.17) is 21.3 Å². The number of halogens is 1. The number of thioether (sulfide) groups is 1. The quantitative estimate of drug-likeness (QED) is 0.484. The smallest absolute Gasteiger partial charge is 0.189 e. The summed E-state index contributed by atoms with van der Waals surface area (Å²) in [6.45, 7) is 1.99. The van der Waals surface area contributed by atoms with Crippen molar-refractivity contribution < 1.29 is 4.42 Å². The Morgan fingerprint density at radius 1 is 1.53 bits per heavy atom. The first kappa shape index (κ1) is 12.0. The first-order valence-electron chi connectivity index (χ1n) is 4.90. The van der Waals surface area contributed by atoms with Gasteiger partial charge in [-0.2, -0.15) is 5.26 Å². The predicted octanol–water partition coefficient (Wildman–Crippen LogP) is 3.37. The van der Waals surface area contributed by atoms with Crippen LogP contribution in [0.3, 0.4) is 0 Å². The van der Waals surface area contributed by atoms with Crippen LogP contribution in [0.15, 0.2) is 28.0 Å². The van der Waals surface area contributed by atoms with Crippen molar-refractivity contribution in [3.8, 4) is 17.5 Å². The molecule has 17 heavy (non-hydrogen) atoms. The van der Waals surface area contributed by atoms with Crippen LogP contribution in [0, 0.1) is 11.3 Å². The molecule has 0 aliphatic heterocycles. The van der Waals surface area contributed by atoms with Crippen molar-refractivity contribution in [1.82, 2.24) is 9.97 Å². The highest BCUT2D eigenvalue weighted by Gasteiger charge is 2.16. The fraction of sp³-hybridized carbons (Fsp3) is 0.182. The van der Waals surface area contributed by atoms with Gasteiger partial charge in [-0.15, -0.1) is 0 Å². The van der Waals surface area contributed by atoms with E-state index in [9.17, 15) is 0 Å². The van der Waals surface area contributed by atoms with Gasteiger partial charge in [0.25, 0.3) is 0 Å². The lowest BCUT2D eigenvalue weighted by molar-refractivity contribution is 0.578. The van der Waals surface area contributed by atoms with Crippen LogP contribution in [0.2, 0.25) is 5.15 Å². The van der Waals surface area contributed by atoms with E-state index in [0.717, 1.165) is 5.75 Å². The Morgan fingerprint density at radius 3 is 2.94 bits per heavy atom. The summed E-state index contributed by atoms with van der Waals surface area (Å²) in [6, 6.07) is 5.47. The lowest BCUT2D eigenvalue weighted by Gasteiger charge is -2.04. The summed E-state index contributed by atoms with van der Waals surface area (Å²) in [6.07, 6.45) is 1.53. The molecule has 0 spiro atoms. The number of aromatic nitrogens is 2. The number of hydrogen-bond acceptors (Lipinski definition) is 5. The van der Waals surface area contributed by atoms with Gasteiger partial charge >= 0.3 is 0 Å². The molecule has 0 aliphatic rings. The standard InChI is InChI=1S/C11H8ClN3OS/c1-2-17-11-14-9(8-4-3-5-16-8)7(6-13)10(12)15-11/h3-5H,2H2,1H3. The van der Waals surface area contributed by atoms with Gasteiger partial charge in [-0.25, -0.2) is 9.97 Å². The van der Waals surface area contributed by atoms with E-state index >= 15 is 0 Å². The van der Waals surface area contributed by atoms with E-state index in [1.807, 2.05) is 13.0 Å². The topological polar surface area (TPSA) is 62.7 Å². The molecule has 0 aliphatic carbocycles. The van der Waals surface area contributed by atoms with Crippen LogP contribution < -0.4 is 0 Å². The van der Waals surface area contributed by atoms with Crippen LogP contribution in [-0.2, 0) is 0 Å². The lowest BCUT2D eigenvalue weighted by atomic mass is 10.2. The molecule has 0 bridgehead atoms. The second-order valence-electron chi connectivity index (χ2n) is 3.04. The van der Waals surface area contributed by atoms with Crippen LogP contribution >= 0.6 is 23.4 Å². The maximum absolute atomic E-state index is 9.06. The molecule has 0 saturated heterocycles. The maximum atomic E-state index is 9.06. The van der Waals surface area contributed by atoms with Crippen molar-refractivity contribution in [1.29, 1.82) is 5.26 Å². The van der Waals surface area contributed by atoms with Crippen molar-refractivity contribution >= 4 is 23.4 Å². The average molecular weight is 266 g/mol. The van der Waals surface area contributed by atoms with Gasteiger partial charge in [-0.05, 0) is 17.9 Å². The van der Waals surface area contributed by atoms with Crippen molar-refractivity contribution in [2.24, 2.45) is 0 Å². The van der Waals surface area contributed by atoms with Crippen LogP contribution in [0.25, 0.3) is 11.5 Å². The van der Waals surface area contributed by atoms with Gasteiger partial charge in [0.1, 0.15) is 17.3 Å². The van der Waals surface area contributed by atoms with Crippen LogP contribution in [0.5, 0.6) is 0 Å². The van der Waals surface area contributed by atoms with E-state index in [1.54, 1.807) is 12.1 Å². The molecule has 0 fully saturated rings. The molecule has 4 nitrogen and oxygen atoms in total. The Labute approximate surface area is 108 Å². The summed E-state index contributed by atoms with van der Waals surface area (Å²) < 4.78 is 5.24. The Kier molecular flexibility index (Phi) is 3.67. The Morgan fingerprint density at radius 2 is 2.35 bits per heavy atom. The first-order valence-corrected chi connectivity index (χ1v) is 6.27. The molecule has 0 amide bonds. The monoisotopic (exact) mass is 265 g/mol. The first-order chi connectivity index (χ1) is 8.26. The third-order valence-electron chi connectivity index (χ3n) is 1.98. The molecule has 2 heterocycles. The zero-order valence-corrected chi connectivity index (χ0v) is 10.5. The second kappa shape index (κ2) is 5.21. The molecule has 0 radical (unpaired) electrons. The zero-order valence-electron chi connectivity index (χ0n) is 8.98. The summed E-state index contributed by atoms with van der Waals surface area (Å²) in [5.41, 5.74) is 0.676. The normalized spacial score (nSPS) is 10.2. The van der Waals surface area contributed by atoms with Gasteiger partial charge in [0.2, 0.25) is 0 Å². The zero-order chi connectivity index (χ0) is 12.3. The fourth-order valence-corrected chi connectivity index (χ4v) is 2.13. The fourth-order valence-electron chi connectivity index (χ4n) is 1.30. The molecule has 0 aromatic carbocycles. The van der Waals surface area contributed by atoms with Crippen LogP contribution in [-0.4, -0.2) is 15.7 Å². The summed E-state index contributed by atoms with van der Waals surface area (Å²) in [5, 5.41) is 9.76. The molecule has 86 valence electrons. The largest absolute Gasteiger partial charge is 0.463 e. The Bertz CT molecular complexity index is 563. The molecule has 6 heteroatoms. The van der Waals surface area contributed by atoms with Crippen LogP contribution in [0.1, 0.15) is 12.5 Å². The summed E-state index contributed by atoms with van der Waals surface area (Å²) in [5.74, 6) is 1.35. The third-order valence-corrected chi connectivity index (χ3v) is 2.99. The lowest BCUT2D eigenvalue weighted by Crippen LogP contribution is -1.96. The minimum Gasteiger partial charge on any atom is -0.463 e. The van der Waals surface area contributed by atoms with E-state index in [2.05, 4.69) is 9.97 Å². The Balaban J connectivity index is 2.59. The van der Waals surface area contributed by atoms with Crippen molar-refractivity contribution in [2.75, 3.05) is 5.75 Å². The molecule has 2 rings (SSSR count). The van der Waals surface area contributed by atoms with E-state index < -0.39 is 0 Å². The van der Waals surface area contributed by atoms with Crippen molar-refractivity contribution in [3.63, 3.8) is 0 Å². The van der Waals surface area contributed by atoms with Gasteiger partial charge in [0.15, 0.2) is 16.1 Å². The molecular formula is C11H8ClN3OS. The molecule has 0 saturated carbocycles. The highest BCUT2D eigenvalue weighted by atomic mass is 35.5. The molecule has 2 aromatic heterocycles. The van der Waals surface area contributed by atoms with Gasteiger partial charge in [0, 0.05) is 0 Å². The molecule has 0 N–H and O–H groups in total. The van der Waals surface area contributed by atoms with E-state index in [-0.39, 0.29) is 10.7 Å². The highest BCUT2D eigenvalue weighted by molar-refractivity contribution is 7.99. The number of nitriles is 1. The molecule has 0 atom stereocenters. The van der Waals surface area contributed by atoms with Gasteiger partial charge < -0.3 is 4.42 Å². The SMILES string of the molecule is CCSc1nc(Cl)c(C#N)c(-c2ccco2)n1. The number of hydrogen-bond donors (Lipinski definition) is 0. The third kappa shape index (κ3) is 2.43. The number of nitrogens with zero attached hydrogens (tertiary/aromatic N) is 3. The molecular weight excluding hydrogens is 258 g/mol. The minimum absolute atomic E-state index is 0.157. The summed E-state index contributed by atoms with van der Waals surface area (Å²) in [4.78, 5) is 8.35. The van der Waals surface area contributed by atoms with Crippen LogP contribution in [0.4, 0.5) is 0 Å². The predicted molar refractivity (Wildman–Crippen MR) is 65.9 cm³/mol. The van der Waals surface area contributed by atoms with Gasteiger partial charge in [-0.3, -0.25) is 0 Å². The minimum atomic E-state index is 0.157. The van der Waals surface area contributed by atoms with Gasteiger partial charge in [-0.1, -0.05) is 30.3 Å². The number of furan rings is 1. The Hall–Kier alpha value is -1.51. The molecule has 0 unspecified atom stereocenters. The highest BCUT2D eigenvalue weighted by Crippen LogP contribution is 2.28. The van der Waals surface area contributed by atoms with E-state index in [1.165, 1.54) is 18.0 Å². The molecule has 2 aromatic rings. The second-order valence-corrected chi connectivity index (χ2v) is 4.63. The van der Waals surface area contributed by atoms with Crippen molar-refractivity contribution in [3.05, 3.63) is 29.1 Å². The van der Waals surface area contributed by atoms with Gasteiger partial charge in [0.05, 0.1) is 6.26 Å². The summed E-state index contributed by atoms with van der Waals surface area (Å²) >= 11 is 7.42. The van der Waals surface area contributed by atoms with Crippen molar-refractivity contribution in [2.45, 2.75) is 12.1 Å². The van der Waals surface area contributed by atoms with E-state index in [0.29, 0.717) is 16.6 Å². The maximum Gasteiger partial charge on any atom is 0.189 e. The number of rotatable bonds is 3. The summed E-state index contributed by atoms with van der Waals surface area (Å²) in [7, 11) is 0. The average Bonchev–Trinajstić information content (AvgIpc) is 2.82.